The van der Waals surface area contributed by atoms with Gasteiger partial charge in [0.05, 0.1) is 22.9 Å². The summed E-state index contributed by atoms with van der Waals surface area (Å²) in [6.07, 6.45) is 2.36. The molecular weight excluding hydrogens is 330 g/mol. The highest BCUT2D eigenvalue weighted by molar-refractivity contribution is 6.33. The molecule has 0 aliphatic rings. The van der Waals surface area contributed by atoms with Crippen molar-refractivity contribution in [3.63, 3.8) is 0 Å². The van der Waals surface area contributed by atoms with Gasteiger partial charge < -0.3 is 14.5 Å². The number of benzene rings is 1. The van der Waals surface area contributed by atoms with Gasteiger partial charge in [-0.15, -0.1) is 0 Å². The van der Waals surface area contributed by atoms with Crippen molar-refractivity contribution in [1.29, 1.82) is 0 Å². The maximum Gasteiger partial charge on any atom is 0.340 e. The molecule has 0 fully saturated rings. The average molecular weight is 350 g/mol. The molecular formula is C18H20ClNO4. The number of esters is 1. The van der Waals surface area contributed by atoms with Crippen molar-refractivity contribution in [2.24, 2.45) is 5.92 Å². The van der Waals surface area contributed by atoms with Gasteiger partial charge in [0.2, 0.25) is 5.43 Å². The first-order valence-electron chi connectivity index (χ1n) is 7.73. The van der Waals surface area contributed by atoms with Crippen LogP contribution >= 0.6 is 11.6 Å². The highest BCUT2D eigenvalue weighted by Crippen LogP contribution is 2.16. The van der Waals surface area contributed by atoms with Gasteiger partial charge >= 0.3 is 5.97 Å². The number of rotatable bonds is 7. The Bertz CT molecular complexity index is 755. The normalized spacial score (nSPS) is 10.7. The second-order valence-corrected chi connectivity index (χ2v) is 6.18. The van der Waals surface area contributed by atoms with Crippen LogP contribution in [-0.2, 0) is 11.3 Å². The molecule has 0 unspecified atom stereocenters. The molecule has 0 aliphatic carbocycles. The number of H-pyrrole nitrogens is 1. The van der Waals surface area contributed by atoms with E-state index in [0.717, 1.165) is 6.42 Å². The van der Waals surface area contributed by atoms with Gasteiger partial charge in [0, 0.05) is 12.3 Å². The Hall–Kier alpha value is -2.27. The molecule has 0 amide bonds. The smallest absolute Gasteiger partial charge is 0.340 e. The first kappa shape index (κ1) is 18.1. The zero-order chi connectivity index (χ0) is 17.5. The molecule has 0 radical (unpaired) electrons. The summed E-state index contributed by atoms with van der Waals surface area (Å²) in [6, 6.07) is 8.00. The third kappa shape index (κ3) is 5.13. The second-order valence-electron chi connectivity index (χ2n) is 5.77. The number of aromatic nitrogens is 1. The number of carbonyl (C=O) groups excluding carboxylic acids is 1. The Morgan fingerprint density at radius 1 is 1.29 bits per heavy atom. The molecule has 6 heteroatoms. The van der Waals surface area contributed by atoms with E-state index in [-0.39, 0.29) is 23.3 Å². The summed E-state index contributed by atoms with van der Waals surface area (Å²) in [5.41, 5.74) is 0.521. The van der Waals surface area contributed by atoms with Crippen molar-refractivity contribution in [2.45, 2.75) is 26.9 Å². The van der Waals surface area contributed by atoms with Gasteiger partial charge in [-0.25, -0.2) is 4.79 Å². The van der Waals surface area contributed by atoms with E-state index in [2.05, 4.69) is 18.8 Å². The number of pyridine rings is 1. The van der Waals surface area contributed by atoms with Crippen LogP contribution in [0.4, 0.5) is 0 Å². The molecule has 0 spiro atoms. The first-order chi connectivity index (χ1) is 11.5. The molecule has 1 aromatic heterocycles. The standard InChI is InChI=1S/C18H20ClNO4/c1-12(2)7-8-23-17-10-20-13(9-16(17)21)11-24-18(22)14-5-3-4-6-15(14)19/h3-6,9-10,12H,7-8,11H2,1-2H3,(H,20,21). The van der Waals surface area contributed by atoms with Crippen LogP contribution < -0.4 is 10.2 Å². The van der Waals surface area contributed by atoms with Crippen LogP contribution in [0.1, 0.15) is 36.3 Å². The fourth-order valence-electron chi connectivity index (χ4n) is 1.95. The summed E-state index contributed by atoms with van der Waals surface area (Å²) in [6.45, 7) is 4.61. The molecule has 1 N–H and O–H groups in total. The van der Waals surface area contributed by atoms with Crippen LogP contribution in [0.25, 0.3) is 0 Å². The molecule has 24 heavy (non-hydrogen) atoms. The molecule has 0 atom stereocenters. The van der Waals surface area contributed by atoms with E-state index in [1.54, 1.807) is 24.3 Å². The first-order valence-corrected chi connectivity index (χ1v) is 8.11. The molecule has 0 saturated heterocycles. The molecule has 1 heterocycles. The van der Waals surface area contributed by atoms with Crippen molar-refractivity contribution in [3.05, 3.63) is 63.0 Å². The lowest BCUT2D eigenvalue weighted by atomic mass is 10.1. The highest BCUT2D eigenvalue weighted by Gasteiger charge is 2.12. The van der Waals surface area contributed by atoms with Gasteiger partial charge in [-0.2, -0.15) is 0 Å². The molecule has 5 nitrogen and oxygen atoms in total. The fraction of sp³-hybridized carbons (Fsp3) is 0.333. The molecule has 0 aliphatic heterocycles. The number of carbonyl (C=O) groups is 1. The van der Waals surface area contributed by atoms with E-state index in [0.29, 0.717) is 23.2 Å². The summed E-state index contributed by atoms with van der Waals surface area (Å²) >= 11 is 5.94. The number of aromatic amines is 1. The molecule has 2 aromatic rings. The third-order valence-corrected chi connectivity index (χ3v) is 3.67. The van der Waals surface area contributed by atoms with E-state index in [4.69, 9.17) is 21.1 Å². The van der Waals surface area contributed by atoms with Gasteiger partial charge in [0.15, 0.2) is 5.75 Å². The summed E-state index contributed by atoms with van der Waals surface area (Å²) in [4.78, 5) is 26.9. The summed E-state index contributed by atoms with van der Waals surface area (Å²) < 4.78 is 10.6. The largest absolute Gasteiger partial charge is 0.488 e. The lowest BCUT2D eigenvalue weighted by Gasteiger charge is -2.09. The quantitative estimate of drug-likeness (QED) is 0.772. The highest BCUT2D eigenvalue weighted by atomic mass is 35.5. The number of nitrogens with one attached hydrogen (secondary N) is 1. The Balaban J connectivity index is 1.94. The summed E-state index contributed by atoms with van der Waals surface area (Å²) in [7, 11) is 0. The maximum absolute atomic E-state index is 12.0. The Labute approximate surface area is 145 Å². The molecule has 1 aromatic carbocycles. The zero-order valence-corrected chi connectivity index (χ0v) is 14.4. The molecule has 0 saturated carbocycles. The van der Waals surface area contributed by atoms with Crippen molar-refractivity contribution in [1.82, 2.24) is 4.98 Å². The SMILES string of the molecule is CC(C)CCOc1c[nH]c(COC(=O)c2ccccc2Cl)cc1=O. The van der Waals surface area contributed by atoms with Crippen molar-refractivity contribution in [2.75, 3.05) is 6.61 Å². The second kappa shape index (κ2) is 8.55. The molecule has 0 bridgehead atoms. The van der Waals surface area contributed by atoms with Crippen molar-refractivity contribution >= 4 is 17.6 Å². The Kier molecular flexibility index (Phi) is 6.44. The van der Waals surface area contributed by atoms with Gasteiger partial charge in [-0.05, 0) is 24.5 Å². The van der Waals surface area contributed by atoms with E-state index in [9.17, 15) is 9.59 Å². The summed E-state index contributed by atoms with van der Waals surface area (Å²) in [5.74, 6) is 0.225. The van der Waals surface area contributed by atoms with Gasteiger partial charge in [-0.3, -0.25) is 4.79 Å². The van der Waals surface area contributed by atoms with Crippen LogP contribution in [0, 0.1) is 5.92 Å². The van der Waals surface area contributed by atoms with Crippen LogP contribution in [-0.4, -0.2) is 17.6 Å². The third-order valence-electron chi connectivity index (χ3n) is 3.34. The van der Waals surface area contributed by atoms with Crippen LogP contribution in [0.2, 0.25) is 5.02 Å². The Morgan fingerprint density at radius 2 is 2.04 bits per heavy atom. The lowest BCUT2D eigenvalue weighted by molar-refractivity contribution is 0.0468. The minimum atomic E-state index is -0.543. The topological polar surface area (TPSA) is 68.4 Å². The molecule has 128 valence electrons. The molecule has 2 rings (SSSR count). The predicted octanol–water partition coefficient (Wildman–Crippen LogP) is 3.81. The predicted molar refractivity (Wildman–Crippen MR) is 92.6 cm³/mol. The average Bonchev–Trinajstić information content (AvgIpc) is 2.54. The van der Waals surface area contributed by atoms with Gasteiger partial charge in [-0.1, -0.05) is 37.6 Å². The van der Waals surface area contributed by atoms with Crippen LogP contribution in [0.3, 0.4) is 0 Å². The van der Waals surface area contributed by atoms with E-state index < -0.39 is 5.97 Å². The monoisotopic (exact) mass is 349 g/mol. The van der Waals surface area contributed by atoms with Crippen LogP contribution in [0.15, 0.2) is 41.3 Å². The minimum absolute atomic E-state index is 0.0500. The number of halogens is 1. The Morgan fingerprint density at radius 3 is 2.71 bits per heavy atom. The van der Waals surface area contributed by atoms with Gasteiger partial charge in [0.1, 0.15) is 6.61 Å². The lowest BCUT2D eigenvalue weighted by Crippen LogP contribution is -2.13. The fourth-order valence-corrected chi connectivity index (χ4v) is 2.16. The van der Waals surface area contributed by atoms with E-state index >= 15 is 0 Å². The minimum Gasteiger partial charge on any atom is -0.488 e. The maximum atomic E-state index is 12.0. The number of hydrogen-bond donors (Lipinski definition) is 1. The van der Waals surface area contributed by atoms with Crippen molar-refractivity contribution < 1.29 is 14.3 Å². The van der Waals surface area contributed by atoms with E-state index in [1.807, 2.05) is 0 Å². The van der Waals surface area contributed by atoms with E-state index in [1.165, 1.54) is 12.3 Å². The zero-order valence-electron chi connectivity index (χ0n) is 13.7. The number of ether oxygens (including phenoxy) is 2. The van der Waals surface area contributed by atoms with Crippen LogP contribution in [0.5, 0.6) is 5.75 Å². The number of hydrogen-bond acceptors (Lipinski definition) is 4. The van der Waals surface area contributed by atoms with Gasteiger partial charge in [0.25, 0.3) is 0 Å². The summed E-state index contributed by atoms with van der Waals surface area (Å²) in [5, 5.41) is 0.324. The van der Waals surface area contributed by atoms with Crippen molar-refractivity contribution in [3.8, 4) is 5.75 Å².